The summed E-state index contributed by atoms with van der Waals surface area (Å²) in [5.41, 5.74) is 8.31. The molecule has 1 amide bonds. The number of rotatable bonds is 4. The van der Waals surface area contributed by atoms with Gasteiger partial charge in [0.1, 0.15) is 5.82 Å². The van der Waals surface area contributed by atoms with Crippen LogP contribution < -0.4 is 10.6 Å². The highest BCUT2D eigenvalue weighted by atomic mass is 16.2. The van der Waals surface area contributed by atoms with Crippen LogP contribution in [0.1, 0.15) is 53.9 Å². The first-order valence-electron chi connectivity index (χ1n) is 10.4. The highest BCUT2D eigenvalue weighted by Crippen LogP contribution is 2.31. The van der Waals surface area contributed by atoms with Crippen molar-refractivity contribution < 1.29 is 4.79 Å². The van der Waals surface area contributed by atoms with Gasteiger partial charge in [0.2, 0.25) is 0 Å². The maximum atomic E-state index is 13.4. The van der Waals surface area contributed by atoms with Crippen molar-refractivity contribution in [3.05, 3.63) is 59.8 Å². The smallest absolute Gasteiger partial charge is 0.257 e. The average molecular weight is 379 g/mol. The van der Waals surface area contributed by atoms with E-state index in [1.54, 1.807) is 6.20 Å². The number of carbonyl (C=O) groups is 1. The Hall–Kier alpha value is -2.40. The Morgan fingerprint density at radius 3 is 2.57 bits per heavy atom. The van der Waals surface area contributed by atoms with Crippen molar-refractivity contribution in [2.45, 2.75) is 50.1 Å². The van der Waals surface area contributed by atoms with Crippen LogP contribution in [0.25, 0.3) is 0 Å². The standard InChI is InChI=1S/C23H30N4O/c1-26(18-11-6-3-7-12-18)22-19(13-8-14-25-22)23(28)27-15-20(21(24)16-27)17-9-4-2-5-10-17/h2,4-5,8-10,13-14,18,20-21H,3,6-7,11-12,15-16,24H2,1H3/t20-,21+/m1/s1. The fourth-order valence-corrected chi connectivity index (χ4v) is 4.70. The Morgan fingerprint density at radius 2 is 1.82 bits per heavy atom. The van der Waals surface area contributed by atoms with Gasteiger partial charge in [-0.2, -0.15) is 0 Å². The van der Waals surface area contributed by atoms with Crippen molar-refractivity contribution in [1.29, 1.82) is 0 Å². The third kappa shape index (κ3) is 3.76. The van der Waals surface area contributed by atoms with E-state index < -0.39 is 0 Å². The Bertz CT molecular complexity index is 803. The van der Waals surface area contributed by atoms with Crippen LogP contribution in [0.3, 0.4) is 0 Å². The van der Waals surface area contributed by atoms with Gasteiger partial charge in [0, 0.05) is 44.3 Å². The van der Waals surface area contributed by atoms with Gasteiger partial charge in [-0.25, -0.2) is 4.98 Å². The number of hydrogen-bond donors (Lipinski definition) is 1. The van der Waals surface area contributed by atoms with E-state index >= 15 is 0 Å². The van der Waals surface area contributed by atoms with Crippen molar-refractivity contribution in [3.63, 3.8) is 0 Å². The summed E-state index contributed by atoms with van der Waals surface area (Å²) in [5, 5.41) is 0. The summed E-state index contributed by atoms with van der Waals surface area (Å²) in [6, 6.07) is 14.5. The van der Waals surface area contributed by atoms with Gasteiger partial charge in [-0.1, -0.05) is 49.6 Å². The zero-order valence-corrected chi connectivity index (χ0v) is 16.6. The zero-order chi connectivity index (χ0) is 19.5. The number of anilines is 1. The van der Waals surface area contributed by atoms with Crippen LogP contribution in [0.5, 0.6) is 0 Å². The SMILES string of the molecule is CN(c1ncccc1C(=O)N1C[C@H](c2ccccc2)[C@@H](N)C1)C1CCCCC1. The van der Waals surface area contributed by atoms with Gasteiger partial charge in [-0.05, 0) is 30.5 Å². The Labute approximate surface area is 167 Å². The molecule has 1 aliphatic carbocycles. The highest BCUT2D eigenvalue weighted by Gasteiger charge is 2.35. The van der Waals surface area contributed by atoms with Crippen LogP contribution in [0.2, 0.25) is 0 Å². The van der Waals surface area contributed by atoms with E-state index in [1.165, 1.54) is 37.7 Å². The largest absolute Gasteiger partial charge is 0.356 e. The Morgan fingerprint density at radius 1 is 1.07 bits per heavy atom. The van der Waals surface area contributed by atoms with Crippen LogP contribution >= 0.6 is 0 Å². The first kappa shape index (κ1) is 18.9. The van der Waals surface area contributed by atoms with Gasteiger partial charge in [-0.15, -0.1) is 0 Å². The summed E-state index contributed by atoms with van der Waals surface area (Å²) in [5.74, 6) is 1.03. The summed E-state index contributed by atoms with van der Waals surface area (Å²) < 4.78 is 0. The molecule has 2 N–H and O–H groups in total. The third-order valence-electron chi connectivity index (χ3n) is 6.35. The van der Waals surface area contributed by atoms with Crippen LogP contribution in [-0.2, 0) is 0 Å². The van der Waals surface area contributed by atoms with E-state index in [0.29, 0.717) is 24.7 Å². The van der Waals surface area contributed by atoms with Crippen molar-refractivity contribution in [3.8, 4) is 0 Å². The summed E-state index contributed by atoms with van der Waals surface area (Å²) in [6.45, 7) is 1.24. The minimum absolute atomic E-state index is 0.0393. The van der Waals surface area contributed by atoms with Crippen LogP contribution in [0.4, 0.5) is 5.82 Å². The quantitative estimate of drug-likeness (QED) is 0.885. The minimum atomic E-state index is -0.0393. The molecule has 148 valence electrons. The predicted octanol–water partition coefficient (Wildman–Crippen LogP) is 3.42. The molecule has 2 heterocycles. The molecule has 1 aliphatic heterocycles. The number of carbonyl (C=O) groups excluding carboxylic acids is 1. The first-order valence-corrected chi connectivity index (χ1v) is 10.4. The van der Waals surface area contributed by atoms with Gasteiger partial charge in [-0.3, -0.25) is 4.79 Å². The summed E-state index contributed by atoms with van der Waals surface area (Å²) >= 11 is 0. The fourth-order valence-electron chi connectivity index (χ4n) is 4.70. The molecule has 0 radical (unpaired) electrons. The number of pyridine rings is 1. The number of likely N-dealkylation sites (tertiary alicyclic amines) is 1. The second-order valence-electron chi connectivity index (χ2n) is 8.17. The lowest BCUT2D eigenvalue weighted by molar-refractivity contribution is 0.0789. The number of aromatic nitrogens is 1. The van der Waals surface area contributed by atoms with Crippen molar-refractivity contribution in [1.82, 2.24) is 9.88 Å². The van der Waals surface area contributed by atoms with Crippen LogP contribution in [0.15, 0.2) is 48.7 Å². The predicted molar refractivity (Wildman–Crippen MR) is 113 cm³/mol. The number of benzene rings is 1. The molecular formula is C23H30N4O. The fraction of sp³-hybridized carbons (Fsp3) is 0.478. The lowest BCUT2D eigenvalue weighted by Gasteiger charge is -2.33. The second kappa shape index (κ2) is 8.31. The van der Waals surface area contributed by atoms with Gasteiger partial charge < -0.3 is 15.5 Å². The molecule has 5 heteroatoms. The zero-order valence-electron chi connectivity index (χ0n) is 16.6. The molecule has 2 fully saturated rings. The lowest BCUT2D eigenvalue weighted by Crippen LogP contribution is -2.37. The van der Waals surface area contributed by atoms with Crippen molar-refractivity contribution >= 4 is 11.7 Å². The normalized spacial score (nSPS) is 23.0. The summed E-state index contributed by atoms with van der Waals surface area (Å²) in [6.07, 6.45) is 7.95. The molecule has 2 aromatic rings. The molecule has 0 unspecified atom stereocenters. The molecule has 2 atom stereocenters. The number of hydrogen-bond acceptors (Lipinski definition) is 4. The average Bonchev–Trinajstić information content (AvgIpc) is 3.15. The monoisotopic (exact) mass is 378 g/mol. The molecule has 1 saturated heterocycles. The first-order chi connectivity index (χ1) is 13.6. The maximum Gasteiger partial charge on any atom is 0.257 e. The molecule has 2 aliphatic rings. The van der Waals surface area contributed by atoms with E-state index in [2.05, 4.69) is 29.1 Å². The number of amides is 1. The van der Waals surface area contributed by atoms with Crippen molar-refractivity contribution in [2.24, 2.45) is 5.73 Å². The molecule has 1 aromatic heterocycles. The summed E-state index contributed by atoms with van der Waals surface area (Å²) in [7, 11) is 2.08. The number of nitrogens with two attached hydrogens (primary N) is 1. The Balaban J connectivity index is 1.54. The van der Waals surface area contributed by atoms with E-state index in [4.69, 9.17) is 5.73 Å². The molecule has 4 rings (SSSR count). The van der Waals surface area contributed by atoms with E-state index in [0.717, 1.165) is 5.82 Å². The van der Waals surface area contributed by atoms with E-state index in [-0.39, 0.29) is 17.9 Å². The Kier molecular flexibility index (Phi) is 5.62. The van der Waals surface area contributed by atoms with E-state index in [9.17, 15) is 4.79 Å². The molecular weight excluding hydrogens is 348 g/mol. The molecule has 1 aromatic carbocycles. The minimum Gasteiger partial charge on any atom is -0.356 e. The van der Waals surface area contributed by atoms with Gasteiger partial charge >= 0.3 is 0 Å². The van der Waals surface area contributed by atoms with Gasteiger partial charge in [0.15, 0.2) is 0 Å². The lowest BCUT2D eigenvalue weighted by atomic mass is 9.94. The highest BCUT2D eigenvalue weighted by molar-refractivity contribution is 5.99. The molecule has 5 nitrogen and oxygen atoms in total. The molecule has 1 saturated carbocycles. The molecule has 0 spiro atoms. The van der Waals surface area contributed by atoms with Crippen LogP contribution in [0, 0.1) is 0 Å². The molecule has 0 bridgehead atoms. The van der Waals surface area contributed by atoms with Crippen LogP contribution in [-0.4, -0.2) is 48.0 Å². The number of nitrogens with zero attached hydrogens (tertiary/aromatic N) is 3. The maximum absolute atomic E-state index is 13.4. The third-order valence-corrected chi connectivity index (χ3v) is 6.35. The van der Waals surface area contributed by atoms with Crippen molar-refractivity contribution in [2.75, 3.05) is 25.0 Å². The topological polar surface area (TPSA) is 62.5 Å². The van der Waals surface area contributed by atoms with E-state index in [1.807, 2.05) is 35.2 Å². The second-order valence-corrected chi connectivity index (χ2v) is 8.17. The van der Waals surface area contributed by atoms with Gasteiger partial charge in [0.05, 0.1) is 5.56 Å². The summed E-state index contributed by atoms with van der Waals surface area (Å²) in [4.78, 5) is 22.1. The molecule has 28 heavy (non-hydrogen) atoms. The van der Waals surface area contributed by atoms with Gasteiger partial charge in [0.25, 0.3) is 5.91 Å².